The molecule has 4 atom stereocenters. The van der Waals surface area contributed by atoms with Gasteiger partial charge in [-0.15, -0.1) is 0 Å². The molecule has 0 spiro atoms. The Morgan fingerprint density at radius 3 is 2.59 bits per heavy atom. The standard InChI is InChI=1S/C30H48N6O7S/c1-20(2)32-30(39)35(7)16-27-21(3)15-36(22(4)18-37)29(38)25-14-24(33-44(40,41)28-17-34(6)19-31-28)11-12-26(25)43-23(5)10-8-9-13-42-27/h11-12,14,17,19-23,27,33,37H,8-10,13,15-16,18H2,1-7H3,(H,32,39)/t21-,22-,23-,27-/m1/s1. The van der Waals surface area contributed by atoms with Crippen molar-refractivity contribution in [2.75, 3.05) is 38.1 Å². The summed E-state index contributed by atoms with van der Waals surface area (Å²) in [7, 11) is -0.637. The number of ether oxygens (including phenoxy) is 2. The van der Waals surface area contributed by atoms with Gasteiger partial charge in [0.1, 0.15) is 5.75 Å². The number of aliphatic hydroxyl groups excluding tert-OH is 1. The Morgan fingerprint density at radius 2 is 1.95 bits per heavy atom. The van der Waals surface area contributed by atoms with E-state index in [1.165, 1.54) is 23.2 Å². The van der Waals surface area contributed by atoms with Crippen LogP contribution in [0, 0.1) is 5.92 Å². The number of anilines is 1. The number of amides is 3. The molecule has 1 aliphatic rings. The Hall–Kier alpha value is -3.36. The molecular formula is C30H48N6O7S. The van der Waals surface area contributed by atoms with Gasteiger partial charge in [-0.1, -0.05) is 6.92 Å². The molecular weight excluding hydrogens is 588 g/mol. The number of hydrogen-bond donors (Lipinski definition) is 3. The Kier molecular flexibility index (Phi) is 12.4. The Labute approximate surface area is 261 Å². The summed E-state index contributed by atoms with van der Waals surface area (Å²) in [6.45, 7) is 10.1. The van der Waals surface area contributed by atoms with Crippen LogP contribution in [0.25, 0.3) is 0 Å². The van der Waals surface area contributed by atoms with Crippen molar-refractivity contribution in [2.24, 2.45) is 13.0 Å². The van der Waals surface area contributed by atoms with Crippen molar-refractivity contribution in [3.63, 3.8) is 0 Å². The summed E-state index contributed by atoms with van der Waals surface area (Å²) in [6.07, 6.45) is 4.47. The molecule has 0 aliphatic carbocycles. The van der Waals surface area contributed by atoms with E-state index >= 15 is 0 Å². The van der Waals surface area contributed by atoms with Crippen LogP contribution in [0.5, 0.6) is 5.75 Å². The molecule has 0 bridgehead atoms. The van der Waals surface area contributed by atoms with E-state index in [2.05, 4.69) is 15.0 Å². The highest BCUT2D eigenvalue weighted by atomic mass is 32.2. The fourth-order valence-corrected chi connectivity index (χ4v) is 5.93. The molecule has 3 N–H and O–H groups in total. The van der Waals surface area contributed by atoms with Gasteiger partial charge in [0.25, 0.3) is 15.9 Å². The largest absolute Gasteiger partial charge is 0.490 e. The van der Waals surface area contributed by atoms with Gasteiger partial charge in [0.15, 0.2) is 5.03 Å². The first-order valence-electron chi connectivity index (χ1n) is 15.1. The lowest BCUT2D eigenvalue weighted by atomic mass is 10.0. The molecule has 0 saturated carbocycles. The topological polar surface area (TPSA) is 155 Å². The third-order valence-corrected chi connectivity index (χ3v) is 8.74. The number of nitrogens with zero attached hydrogens (tertiary/aromatic N) is 4. The average molecular weight is 637 g/mol. The third kappa shape index (κ3) is 9.57. The molecule has 246 valence electrons. The summed E-state index contributed by atoms with van der Waals surface area (Å²) in [4.78, 5) is 34.0. The molecule has 0 unspecified atom stereocenters. The van der Waals surface area contributed by atoms with E-state index in [1.807, 2.05) is 27.7 Å². The van der Waals surface area contributed by atoms with E-state index < -0.39 is 22.0 Å². The number of rotatable bonds is 8. The highest BCUT2D eigenvalue weighted by Gasteiger charge is 2.31. The maximum absolute atomic E-state index is 14.2. The molecule has 1 aliphatic heterocycles. The van der Waals surface area contributed by atoms with Crippen molar-refractivity contribution in [3.8, 4) is 5.75 Å². The lowest BCUT2D eigenvalue weighted by Crippen LogP contribution is -2.49. The molecule has 44 heavy (non-hydrogen) atoms. The van der Waals surface area contributed by atoms with Gasteiger partial charge in [0, 0.05) is 57.6 Å². The van der Waals surface area contributed by atoms with Crippen LogP contribution in [0.4, 0.5) is 10.5 Å². The number of likely N-dealkylation sites (N-methyl/N-ethyl adjacent to an activating group) is 1. The lowest BCUT2D eigenvalue weighted by molar-refractivity contribution is -0.0122. The van der Waals surface area contributed by atoms with E-state index in [1.54, 1.807) is 43.0 Å². The normalized spacial score (nSPS) is 21.2. The molecule has 2 heterocycles. The minimum atomic E-state index is -4.01. The monoisotopic (exact) mass is 636 g/mol. The lowest BCUT2D eigenvalue weighted by Gasteiger charge is -2.36. The fraction of sp³-hybridized carbons (Fsp3) is 0.633. The van der Waals surface area contributed by atoms with Crippen LogP contribution in [0.15, 0.2) is 35.7 Å². The molecule has 14 heteroatoms. The number of aryl methyl sites for hydroxylation is 1. The molecule has 2 aromatic rings. The van der Waals surface area contributed by atoms with Crippen molar-refractivity contribution >= 4 is 27.6 Å². The number of aromatic nitrogens is 2. The van der Waals surface area contributed by atoms with Gasteiger partial charge in [-0.3, -0.25) is 9.52 Å². The summed E-state index contributed by atoms with van der Waals surface area (Å²) in [5, 5.41) is 12.9. The minimum absolute atomic E-state index is 0.0200. The summed E-state index contributed by atoms with van der Waals surface area (Å²) < 4.78 is 42.5. The van der Waals surface area contributed by atoms with Crippen molar-refractivity contribution in [2.45, 2.75) is 83.2 Å². The highest BCUT2D eigenvalue weighted by Crippen LogP contribution is 2.29. The van der Waals surface area contributed by atoms with Gasteiger partial charge in [0.2, 0.25) is 0 Å². The number of carbonyl (C=O) groups is 2. The number of benzene rings is 1. The number of carbonyl (C=O) groups excluding carboxylic acids is 2. The maximum atomic E-state index is 14.2. The number of hydrogen-bond acceptors (Lipinski definition) is 8. The quantitative estimate of drug-likeness (QED) is 0.399. The van der Waals surface area contributed by atoms with Crippen LogP contribution in [-0.4, -0.2) is 102 Å². The summed E-state index contributed by atoms with van der Waals surface area (Å²) in [5.41, 5.74) is 0.331. The third-order valence-electron chi connectivity index (χ3n) is 7.47. The maximum Gasteiger partial charge on any atom is 0.317 e. The van der Waals surface area contributed by atoms with Gasteiger partial charge >= 0.3 is 6.03 Å². The molecule has 3 amide bonds. The Morgan fingerprint density at radius 1 is 1.23 bits per heavy atom. The zero-order chi connectivity index (χ0) is 32.6. The van der Waals surface area contributed by atoms with E-state index in [-0.39, 0.29) is 59.6 Å². The molecule has 13 nitrogen and oxygen atoms in total. The number of aliphatic hydroxyl groups is 1. The first-order valence-corrected chi connectivity index (χ1v) is 16.6. The zero-order valence-corrected chi connectivity index (χ0v) is 27.6. The van der Waals surface area contributed by atoms with Crippen LogP contribution >= 0.6 is 0 Å². The number of imidazole rings is 1. The van der Waals surface area contributed by atoms with Crippen LogP contribution < -0.4 is 14.8 Å². The molecule has 3 rings (SSSR count). The van der Waals surface area contributed by atoms with Crippen LogP contribution in [0.1, 0.15) is 64.2 Å². The van der Waals surface area contributed by atoms with Crippen molar-refractivity contribution in [3.05, 3.63) is 36.3 Å². The molecule has 1 aromatic carbocycles. The fourth-order valence-electron chi connectivity index (χ4n) is 4.89. The van der Waals surface area contributed by atoms with Crippen LogP contribution in [-0.2, 0) is 21.8 Å². The highest BCUT2D eigenvalue weighted by molar-refractivity contribution is 7.92. The van der Waals surface area contributed by atoms with E-state index in [4.69, 9.17) is 9.47 Å². The minimum Gasteiger partial charge on any atom is -0.490 e. The first kappa shape index (κ1) is 35.1. The number of nitrogens with one attached hydrogen (secondary N) is 2. The number of sulfonamides is 1. The number of fused-ring (bicyclic) bond motifs is 1. The Bertz CT molecular complexity index is 1370. The smallest absolute Gasteiger partial charge is 0.317 e. The van der Waals surface area contributed by atoms with Crippen LogP contribution in [0.3, 0.4) is 0 Å². The van der Waals surface area contributed by atoms with Gasteiger partial charge in [0.05, 0.1) is 36.7 Å². The molecule has 0 radical (unpaired) electrons. The van der Waals surface area contributed by atoms with Gasteiger partial charge in [-0.05, 0) is 65.2 Å². The summed E-state index contributed by atoms with van der Waals surface area (Å²) >= 11 is 0. The molecule has 0 saturated heterocycles. The zero-order valence-electron chi connectivity index (χ0n) is 26.8. The second kappa shape index (κ2) is 15.6. The van der Waals surface area contributed by atoms with E-state index in [9.17, 15) is 23.1 Å². The molecule has 1 aromatic heterocycles. The predicted octanol–water partition coefficient (Wildman–Crippen LogP) is 3.07. The van der Waals surface area contributed by atoms with Crippen molar-refractivity contribution < 1.29 is 32.6 Å². The van der Waals surface area contributed by atoms with Gasteiger partial charge in [-0.25, -0.2) is 9.78 Å². The van der Waals surface area contributed by atoms with Crippen LogP contribution in [0.2, 0.25) is 0 Å². The second-order valence-electron chi connectivity index (χ2n) is 12.0. The first-order chi connectivity index (χ1) is 20.7. The van der Waals surface area contributed by atoms with Crippen molar-refractivity contribution in [1.29, 1.82) is 0 Å². The van der Waals surface area contributed by atoms with Crippen molar-refractivity contribution in [1.82, 2.24) is 24.7 Å². The van der Waals surface area contributed by atoms with E-state index in [0.717, 1.165) is 12.8 Å². The summed E-state index contributed by atoms with van der Waals surface area (Å²) in [5.74, 6) is -0.332. The predicted molar refractivity (Wildman–Crippen MR) is 167 cm³/mol. The Balaban J connectivity index is 1.98. The SMILES string of the molecule is CC(C)NC(=O)N(C)C[C@H]1OCCCC[C@@H](C)Oc2ccc(NS(=O)(=O)c3cn(C)cn3)cc2C(=O)N([C@H](C)CO)C[C@H]1C. The van der Waals surface area contributed by atoms with Gasteiger partial charge < -0.3 is 34.3 Å². The molecule has 0 fully saturated rings. The second-order valence-corrected chi connectivity index (χ2v) is 13.6. The number of urea groups is 1. The average Bonchev–Trinajstić information content (AvgIpc) is 3.41. The summed E-state index contributed by atoms with van der Waals surface area (Å²) in [6, 6.07) is 3.79. The van der Waals surface area contributed by atoms with Gasteiger partial charge in [-0.2, -0.15) is 8.42 Å². The van der Waals surface area contributed by atoms with E-state index in [0.29, 0.717) is 25.3 Å².